The van der Waals surface area contributed by atoms with Crippen molar-refractivity contribution in [3.05, 3.63) is 54.4 Å². The Morgan fingerprint density at radius 1 is 1.16 bits per heavy atom. The minimum atomic E-state index is 0.0900. The Morgan fingerprint density at radius 2 is 2.00 bits per heavy atom. The van der Waals surface area contributed by atoms with Gasteiger partial charge in [0.1, 0.15) is 6.33 Å². The predicted molar refractivity (Wildman–Crippen MR) is 75.4 cm³/mol. The summed E-state index contributed by atoms with van der Waals surface area (Å²) in [5.41, 5.74) is 0.728. The maximum atomic E-state index is 12.1. The number of rotatable bonds is 4. The van der Waals surface area contributed by atoms with Crippen LogP contribution in [0.2, 0.25) is 0 Å². The Bertz CT molecular complexity index is 710. The molecule has 2 aromatic carbocycles. The van der Waals surface area contributed by atoms with Gasteiger partial charge >= 0.3 is 0 Å². The number of nitrogens with one attached hydrogen (secondary N) is 1. The van der Waals surface area contributed by atoms with Gasteiger partial charge in [0.2, 0.25) is 0 Å². The summed E-state index contributed by atoms with van der Waals surface area (Å²) >= 11 is 1.36. The Morgan fingerprint density at radius 3 is 2.79 bits per heavy atom. The molecule has 0 fully saturated rings. The molecule has 0 atom stereocenters. The van der Waals surface area contributed by atoms with E-state index in [0.717, 1.165) is 16.3 Å². The number of benzene rings is 2. The molecule has 0 saturated carbocycles. The number of hydrogen-bond acceptors (Lipinski definition) is 4. The smallest absolute Gasteiger partial charge is 0.183 e. The van der Waals surface area contributed by atoms with Crippen molar-refractivity contribution in [1.82, 2.24) is 15.2 Å². The van der Waals surface area contributed by atoms with E-state index >= 15 is 0 Å². The van der Waals surface area contributed by atoms with Crippen LogP contribution in [0.25, 0.3) is 10.8 Å². The molecule has 0 aliphatic rings. The minimum absolute atomic E-state index is 0.0900. The average Bonchev–Trinajstić information content (AvgIpc) is 2.97. The Balaban J connectivity index is 1.77. The van der Waals surface area contributed by atoms with Gasteiger partial charge in [-0.3, -0.25) is 9.89 Å². The fourth-order valence-electron chi connectivity index (χ4n) is 1.84. The number of aromatic nitrogens is 3. The zero-order valence-corrected chi connectivity index (χ0v) is 10.9. The summed E-state index contributed by atoms with van der Waals surface area (Å²) in [4.78, 5) is 16.1. The van der Waals surface area contributed by atoms with E-state index in [9.17, 15) is 4.79 Å². The number of ketones is 1. The number of thioether (sulfide) groups is 1. The molecule has 3 aromatic rings. The molecule has 0 bridgehead atoms. The number of nitrogens with zero attached hydrogens (tertiary/aromatic N) is 2. The summed E-state index contributed by atoms with van der Waals surface area (Å²) in [6, 6.07) is 13.8. The van der Waals surface area contributed by atoms with Crippen LogP contribution in [0.1, 0.15) is 10.4 Å². The molecule has 94 valence electrons. The van der Waals surface area contributed by atoms with Crippen molar-refractivity contribution >= 4 is 28.3 Å². The number of carbonyl (C=O) groups excluding carboxylic acids is 1. The fourth-order valence-corrected chi connectivity index (χ4v) is 2.52. The molecule has 0 spiro atoms. The summed E-state index contributed by atoms with van der Waals surface area (Å²) in [5, 5.41) is 9.35. The van der Waals surface area contributed by atoms with Crippen LogP contribution in [0.15, 0.2) is 53.9 Å². The lowest BCUT2D eigenvalue weighted by molar-refractivity contribution is 0.102. The summed E-state index contributed by atoms with van der Waals surface area (Å²) in [6.07, 6.45) is 1.43. The van der Waals surface area contributed by atoms with E-state index in [0.29, 0.717) is 10.9 Å². The molecule has 1 heterocycles. The number of fused-ring (bicyclic) bond motifs is 1. The molecule has 0 amide bonds. The highest BCUT2D eigenvalue weighted by atomic mass is 32.2. The van der Waals surface area contributed by atoms with Gasteiger partial charge < -0.3 is 0 Å². The molecule has 0 aliphatic heterocycles. The Kier molecular flexibility index (Phi) is 3.29. The van der Waals surface area contributed by atoms with Crippen LogP contribution in [0.3, 0.4) is 0 Å². The second-order valence-electron chi connectivity index (χ2n) is 4.06. The van der Waals surface area contributed by atoms with Crippen LogP contribution in [-0.2, 0) is 0 Å². The van der Waals surface area contributed by atoms with E-state index in [1.807, 2.05) is 42.5 Å². The summed E-state index contributed by atoms with van der Waals surface area (Å²) < 4.78 is 0. The molecule has 3 rings (SSSR count). The number of hydrogen-bond donors (Lipinski definition) is 1. The van der Waals surface area contributed by atoms with E-state index in [2.05, 4.69) is 15.2 Å². The normalized spacial score (nSPS) is 10.7. The summed E-state index contributed by atoms with van der Waals surface area (Å²) in [6.45, 7) is 0. The van der Waals surface area contributed by atoms with Gasteiger partial charge in [0.25, 0.3) is 0 Å². The third-order valence-electron chi connectivity index (χ3n) is 2.80. The zero-order chi connectivity index (χ0) is 13.1. The topological polar surface area (TPSA) is 58.6 Å². The van der Waals surface area contributed by atoms with Gasteiger partial charge in [-0.1, -0.05) is 48.2 Å². The Labute approximate surface area is 114 Å². The third kappa shape index (κ3) is 2.66. The van der Waals surface area contributed by atoms with Crippen molar-refractivity contribution < 1.29 is 4.79 Å². The maximum Gasteiger partial charge on any atom is 0.183 e. The predicted octanol–water partition coefficient (Wildman–Crippen LogP) is 2.93. The largest absolute Gasteiger partial charge is 0.293 e. The van der Waals surface area contributed by atoms with Gasteiger partial charge in [-0.25, -0.2) is 4.98 Å². The Hall–Kier alpha value is -2.14. The lowest BCUT2D eigenvalue weighted by Crippen LogP contribution is -2.02. The first-order valence-electron chi connectivity index (χ1n) is 5.83. The van der Waals surface area contributed by atoms with Crippen LogP contribution < -0.4 is 0 Å². The first kappa shape index (κ1) is 11.9. The van der Waals surface area contributed by atoms with Gasteiger partial charge in [-0.15, -0.1) is 0 Å². The van der Waals surface area contributed by atoms with Crippen molar-refractivity contribution in [2.75, 3.05) is 5.75 Å². The van der Waals surface area contributed by atoms with Crippen molar-refractivity contribution in [2.24, 2.45) is 0 Å². The van der Waals surface area contributed by atoms with Crippen molar-refractivity contribution in [3.63, 3.8) is 0 Å². The zero-order valence-electron chi connectivity index (χ0n) is 10.0. The molecular weight excluding hydrogens is 258 g/mol. The number of aromatic amines is 1. The SMILES string of the molecule is O=C(CSc1ncn[nH]1)c1ccc2ccccc2c1. The summed E-state index contributed by atoms with van der Waals surface area (Å²) in [7, 11) is 0. The lowest BCUT2D eigenvalue weighted by atomic mass is 10.1. The molecule has 0 aliphatic carbocycles. The van der Waals surface area contributed by atoms with Gasteiger partial charge in [-0.05, 0) is 16.8 Å². The van der Waals surface area contributed by atoms with Gasteiger partial charge in [0.05, 0.1) is 5.75 Å². The quantitative estimate of drug-likeness (QED) is 0.584. The number of H-pyrrole nitrogens is 1. The van der Waals surface area contributed by atoms with Gasteiger partial charge in [-0.2, -0.15) is 5.10 Å². The molecular formula is C14H11N3OS. The van der Waals surface area contributed by atoms with Crippen LogP contribution in [0.5, 0.6) is 0 Å². The van der Waals surface area contributed by atoms with E-state index in [1.165, 1.54) is 18.1 Å². The molecule has 0 radical (unpaired) electrons. The van der Waals surface area contributed by atoms with Crippen LogP contribution in [-0.4, -0.2) is 26.7 Å². The second-order valence-corrected chi connectivity index (χ2v) is 5.03. The minimum Gasteiger partial charge on any atom is -0.293 e. The van der Waals surface area contributed by atoms with E-state index in [-0.39, 0.29) is 5.78 Å². The average molecular weight is 269 g/mol. The van der Waals surface area contributed by atoms with Crippen LogP contribution in [0.4, 0.5) is 0 Å². The standard InChI is InChI=1S/C14H11N3OS/c18-13(8-19-14-15-9-16-17-14)12-6-5-10-3-1-2-4-11(10)7-12/h1-7,9H,8H2,(H,15,16,17). The first-order valence-corrected chi connectivity index (χ1v) is 6.82. The van der Waals surface area contributed by atoms with Crippen molar-refractivity contribution in [1.29, 1.82) is 0 Å². The molecule has 19 heavy (non-hydrogen) atoms. The fraction of sp³-hybridized carbons (Fsp3) is 0.0714. The van der Waals surface area contributed by atoms with E-state index < -0.39 is 0 Å². The highest BCUT2D eigenvalue weighted by Crippen LogP contribution is 2.18. The molecule has 5 heteroatoms. The monoisotopic (exact) mass is 269 g/mol. The highest BCUT2D eigenvalue weighted by Gasteiger charge is 2.08. The molecule has 0 saturated heterocycles. The second kappa shape index (κ2) is 5.24. The first-order chi connectivity index (χ1) is 9.33. The maximum absolute atomic E-state index is 12.1. The van der Waals surface area contributed by atoms with Crippen molar-refractivity contribution in [3.8, 4) is 0 Å². The van der Waals surface area contributed by atoms with Gasteiger partial charge in [0.15, 0.2) is 10.9 Å². The van der Waals surface area contributed by atoms with E-state index in [4.69, 9.17) is 0 Å². The number of Topliss-reactive ketones (excluding diaryl/α,β-unsaturated/α-hetero) is 1. The van der Waals surface area contributed by atoms with Crippen LogP contribution in [0, 0.1) is 0 Å². The summed E-state index contributed by atoms with van der Waals surface area (Å²) in [5.74, 6) is 0.445. The molecule has 4 nitrogen and oxygen atoms in total. The van der Waals surface area contributed by atoms with Crippen molar-refractivity contribution in [2.45, 2.75) is 5.16 Å². The van der Waals surface area contributed by atoms with E-state index in [1.54, 1.807) is 0 Å². The molecule has 1 N–H and O–H groups in total. The molecule has 1 aromatic heterocycles. The molecule has 0 unspecified atom stereocenters. The third-order valence-corrected chi connectivity index (χ3v) is 3.68. The van der Waals surface area contributed by atoms with Crippen LogP contribution >= 0.6 is 11.8 Å². The lowest BCUT2D eigenvalue weighted by Gasteiger charge is -2.02. The van der Waals surface area contributed by atoms with Gasteiger partial charge in [0, 0.05) is 5.56 Å². The highest BCUT2D eigenvalue weighted by molar-refractivity contribution is 7.99. The number of carbonyl (C=O) groups is 1.